The number of nitrogens with zero attached hydrogens (tertiary/aromatic N) is 1. The number of nitriles is 1. The van der Waals surface area contributed by atoms with Crippen LogP contribution in [0.2, 0.25) is 0 Å². The summed E-state index contributed by atoms with van der Waals surface area (Å²) in [7, 11) is 0. The van der Waals surface area contributed by atoms with Gasteiger partial charge in [0.15, 0.2) is 0 Å². The Bertz CT molecular complexity index is 342. The van der Waals surface area contributed by atoms with Crippen LogP contribution in [0.3, 0.4) is 0 Å². The molecule has 0 fully saturated rings. The lowest BCUT2D eigenvalue weighted by atomic mass is 10.1. The number of halogens is 2. The lowest BCUT2D eigenvalue weighted by molar-refractivity contribution is 0.935. The normalized spacial score (nSPS) is 9.79. The molecule has 0 bridgehead atoms. The molecule has 0 atom stereocenters. The molecule has 0 heterocycles. The summed E-state index contributed by atoms with van der Waals surface area (Å²) in [5.74, 6) is 0. The summed E-state index contributed by atoms with van der Waals surface area (Å²) in [6.45, 7) is 0. The highest BCUT2D eigenvalue weighted by Gasteiger charge is 2.01. The second kappa shape index (κ2) is 6.21. The van der Waals surface area contributed by atoms with Crippen LogP contribution in [-0.4, -0.2) is 5.33 Å². The Morgan fingerprint density at radius 1 is 1.36 bits per heavy atom. The predicted octanol–water partition coefficient (Wildman–Crippen LogP) is 3.84. The first-order chi connectivity index (χ1) is 6.77. The molecule has 14 heavy (non-hydrogen) atoms. The van der Waals surface area contributed by atoms with Gasteiger partial charge in [-0.05, 0) is 30.0 Å². The molecule has 1 nitrogen and oxygen atoms in total. The van der Waals surface area contributed by atoms with Crippen molar-refractivity contribution in [1.82, 2.24) is 0 Å². The molecule has 0 N–H and O–H groups in total. The van der Waals surface area contributed by atoms with Crippen LogP contribution in [-0.2, 0) is 12.8 Å². The Kier molecular flexibility index (Phi) is 5.21. The monoisotopic (exact) mass is 315 g/mol. The van der Waals surface area contributed by atoms with E-state index < -0.39 is 0 Å². The van der Waals surface area contributed by atoms with Gasteiger partial charge in [-0.3, -0.25) is 0 Å². The molecule has 1 rings (SSSR count). The molecule has 0 aliphatic rings. The Balaban J connectivity index is 2.79. The van der Waals surface area contributed by atoms with Crippen molar-refractivity contribution >= 4 is 31.9 Å². The van der Waals surface area contributed by atoms with Crippen LogP contribution in [0.4, 0.5) is 0 Å². The van der Waals surface area contributed by atoms with Gasteiger partial charge in [-0.15, -0.1) is 0 Å². The predicted molar refractivity (Wildman–Crippen MR) is 65.6 cm³/mol. The van der Waals surface area contributed by atoms with Crippen LogP contribution in [0.15, 0.2) is 22.7 Å². The maximum Gasteiger partial charge on any atom is 0.0670 e. The van der Waals surface area contributed by atoms with E-state index in [-0.39, 0.29) is 0 Å². The molecule has 0 aliphatic heterocycles. The molecule has 1 aromatic rings. The van der Waals surface area contributed by atoms with E-state index in [0.717, 1.165) is 28.2 Å². The van der Waals surface area contributed by atoms with Gasteiger partial charge in [-0.2, -0.15) is 5.26 Å². The van der Waals surface area contributed by atoms with Gasteiger partial charge in [0.2, 0.25) is 0 Å². The van der Waals surface area contributed by atoms with Crippen molar-refractivity contribution in [2.75, 3.05) is 5.33 Å². The number of hydrogen-bond donors (Lipinski definition) is 0. The topological polar surface area (TPSA) is 23.8 Å². The van der Waals surface area contributed by atoms with Crippen molar-refractivity contribution < 1.29 is 0 Å². The summed E-state index contributed by atoms with van der Waals surface area (Å²) < 4.78 is 1.03. The van der Waals surface area contributed by atoms with E-state index in [9.17, 15) is 0 Å². The third kappa shape index (κ3) is 3.43. The smallest absolute Gasteiger partial charge is 0.0670 e. The van der Waals surface area contributed by atoms with Crippen molar-refractivity contribution in [2.24, 2.45) is 0 Å². The van der Waals surface area contributed by atoms with Gasteiger partial charge in [0, 0.05) is 9.80 Å². The minimum absolute atomic E-state index is 0.475. The second-order valence-electron chi connectivity index (χ2n) is 3.05. The van der Waals surface area contributed by atoms with Crippen molar-refractivity contribution in [3.63, 3.8) is 0 Å². The second-order valence-corrected chi connectivity index (χ2v) is 4.70. The number of hydrogen-bond acceptors (Lipinski definition) is 1. The molecule has 0 saturated heterocycles. The highest BCUT2D eigenvalue weighted by molar-refractivity contribution is 9.10. The summed E-state index contributed by atoms with van der Waals surface area (Å²) in [4.78, 5) is 0. The van der Waals surface area contributed by atoms with Crippen LogP contribution >= 0.6 is 31.9 Å². The van der Waals surface area contributed by atoms with E-state index in [1.165, 1.54) is 5.56 Å². The molecule has 0 amide bonds. The zero-order chi connectivity index (χ0) is 10.4. The first-order valence-corrected chi connectivity index (χ1v) is 6.39. The molecular formula is C11H11Br2N. The third-order valence-corrected chi connectivity index (χ3v) is 3.31. The molecule has 0 radical (unpaired) electrons. The van der Waals surface area contributed by atoms with Crippen LogP contribution in [0.1, 0.15) is 17.5 Å². The summed E-state index contributed by atoms with van der Waals surface area (Å²) in [6.07, 6.45) is 2.67. The van der Waals surface area contributed by atoms with Crippen molar-refractivity contribution in [1.29, 1.82) is 5.26 Å². The van der Waals surface area contributed by atoms with E-state index in [4.69, 9.17) is 5.26 Å². The molecule has 0 aromatic heterocycles. The number of rotatable bonds is 4. The number of alkyl halides is 1. The highest BCUT2D eigenvalue weighted by atomic mass is 79.9. The highest BCUT2D eigenvalue weighted by Crippen LogP contribution is 2.19. The minimum atomic E-state index is 0.475. The standard InChI is InChI=1S/C11H11Br2N/c12-6-1-2-9-3-4-11(13)10(8-9)5-7-14/h3-4,8H,1-2,5-6H2. The SMILES string of the molecule is N#CCc1cc(CCCBr)ccc1Br. The van der Waals surface area contributed by atoms with Gasteiger partial charge in [0.05, 0.1) is 12.5 Å². The molecular weight excluding hydrogens is 306 g/mol. The maximum atomic E-state index is 8.63. The first-order valence-electron chi connectivity index (χ1n) is 4.48. The third-order valence-electron chi connectivity index (χ3n) is 1.98. The summed E-state index contributed by atoms with van der Waals surface area (Å²) in [6, 6.07) is 8.40. The number of benzene rings is 1. The average Bonchev–Trinajstić information content (AvgIpc) is 2.19. The van der Waals surface area contributed by atoms with Gasteiger partial charge >= 0.3 is 0 Å². The summed E-state index contributed by atoms with van der Waals surface area (Å²) in [5, 5.41) is 9.66. The van der Waals surface area contributed by atoms with Crippen molar-refractivity contribution in [3.05, 3.63) is 33.8 Å². The van der Waals surface area contributed by atoms with Crippen LogP contribution in [0, 0.1) is 11.3 Å². The largest absolute Gasteiger partial charge is 0.198 e. The fraction of sp³-hybridized carbons (Fsp3) is 0.364. The molecule has 3 heteroatoms. The molecule has 74 valence electrons. The zero-order valence-electron chi connectivity index (χ0n) is 7.76. The molecule has 0 saturated carbocycles. The summed E-state index contributed by atoms with van der Waals surface area (Å²) in [5.41, 5.74) is 2.39. The Hall–Kier alpha value is -0.330. The average molecular weight is 317 g/mol. The quantitative estimate of drug-likeness (QED) is 0.774. The summed E-state index contributed by atoms with van der Waals surface area (Å²) >= 11 is 6.85. The lowest BCUT2D eigenvalue weighted by Crippen LogP contribution is -1.90. The van der Waals surface area contributed by atoms with Gasteiger partial charge in [0.1, 0.15) is 0 Å². The van der Waals surface area contributed by atoms with Crippen molar-refractivity contribution in [2.45, 2.75) is 19.3 Å². The Morgan fingerprint density at radius 3 is 2.79 bits per heavy atom. The van der Waals surface area contributed by atoms with Crippen LogP contribution < -0.4 is 0 Å². The van der Waals surface area contributed by atoms with Crippen LogP contribution in [0.25, 0.3) is 0 Å². The lowest BCUT2D eigenvalue weighted by Gasteiger charge is -2.04. The van der Waals surface area contributed by atoms with Gasteiger partial charge < -0.3 is 0 Å². The van der Waals surface area contributed by atoms with Gasteiger partial charge in [-0.25, -0.2) is 0 Å². The van der Waals surface area contributed by atoms with E-state index >= 15 is 0 Å². The van der Waals surface area contributed by atoms with Gasteiger partial charge in [0.25, 0.3) is 0 Å². The Morgan fingerprint density at radius 2 is 2.14 bits per heavy atom. The first kappa shape index (κ1) is 11.7. The van der Waals surface area contributed by atoms with E-state index in [1.807, 2.05) is 6.07 Å². The van der Waals surface area contributed by atoms with Crippen LogP contribution in [0.5, 0.6) is 0 Å². The molecule has 1 aromatic carbocycles. The van der Waals surface area contributed by atoms with E-state index in [0.29, 0.717) is 6.42 Å². The zero-order valence-corrected chi connectivity index (χ0v) is 10.9. The fourth-order valence-corrected chi connectivity index (χ4v) is 1.94. The molecule has 0 aliphatic carbocycles. The fourth-order valence-electron chi connectivity index (χ4n) is 1.28. The van der Waals surface area contributed by atoms with Crippen molar-refractivity contribution in [3.8, 4) is 6.07 Å². The number of aryl methyl sites for hydroxylation is 1. The van der Waals surface area contributed by atoms with E-state index in [1.54, 1.807) is 0 Å². The maximum absolute atomic E-state index is 8.63. The molecule has 0 spiro atoms. The van der Waals surface area contributed by atoms with E-state index in [2.05, 4.69) is 50.1 Å². The molecule has 0 unspecified atom stereocenters. The Labute approximate surface area is 101 Å². The van der Waals surface area contributed by atoms with Gasteiger partial charge in [-0.1, -0.05) is 44.0 Å². The minimum Gasteiger partial charge on any atom is -0.198 e.